The van der Waals surface area contributed by atoms with Crippen molar-refractivity contribution < 1.29 is 4.79 Å². The average molecular weight is 356 g/mol. The number of rotatable bonds is 6. The lowest BCUT2D eigenvalue weighted by molar-refractivity contribution is -0.116. The number of fused-ring (bicyclic) bond motifs is 1. The van der Waals surface area contributed by atoms with E-state index < -0.39 is 0 Å². The number of aromatic nitrogens is 2. The summed E-state index contributed by atoms with van der Waals surface area (Å²) in [5.74, 6) is 0.00937. The van der Waals surface area contributed by atoms with Gasteiger partial charge in [0, 0.05) is 53.0 Å². The number of nitrogens with zero attached hydrogens (tertiary/aromatic N) is 1. The van der Waals surface area contributed by atoms with E-state index in [1.807, 2.05) is 60.8 Å². The molecule has 0 radical (unpaired) electrons. The molecule has 2 heterocycles. The molecule has 0 spiro atoms. The summed E-state index contributed by atoms with van der Waals surface area (Å²) in [4.78, 5) is 19.5. The SMILES string of the molecule is O=C(CCc1c[nH]c2ccccc12)Nc1ccc(Nc2ccncc2)cc1. The monoisotopic (exact) mass is 356 g/mol. The van der Waals surface area contributed by atoms with Crippen molar-refractivity contribution in [2.45, 2.75) is 12.8 Å². The molecule has 0 fully saturated rings. The zero-order valence-electron chi connectivity index (χ0n) is 14.8. The van der Waals surface area contributed by atoms with Gasteiger partial charge in [0.15, 0.2) is 0 Å². The summed E-state index contributed by atoms with van der Waals surface area (Å²) < 4.78 is 0. The quantitative estimate of drug-likeness (QED) is 0.461. The molecule has 3 N–H and O–H groups in total. The Labute approximate surface area is 157 Å². The van der Waals surface area contributed by atoms with Gasteiger partial charge in [0.25, 0.3) is 0 Å². The number of anilines is 3. The molecule has 0 aliphatic heterocycles. The summed E-state index contributed by atoms with van der Waals surface area (Å²) in [7, 11) is 0. The van der Waals surface area contributed by atoms with E-state index in [1.54, 1.807) is 12.4 Å². The maximum absolute atomic E-state index is 12.3. The fourth-order valence-electron chi connectivity index (χ4n) is 3.05. The van der Waals surface area contributed by atoms with Crippen LogP contribution in [0.4, 0.5) is 17.1 Å². The van der Waals surface area contributed by atoms with E-state index >= 15 is 0 Å². The smallest absolute Gasteiger partial charge is 0.224 e. The molecular formula is C22H20N4O. The first-order chi connectivity index (χ1) is 13.3. The summed E-state index contributed by atoms with van der Waals surface area (Å²) in [6, 6.07) is 19.6. The first-order valence-corrected chi connectivity index (χ1v) is 8.90. The number of hydrogen-bond acceptors (Lipinski definition) is 3. The zero-order valence-corrected chi connectivity index (χ0v) is 14.8. The predicted octanol–water partition coefficient (Wildman–Crippen LogP) is 4.88. The van der Waals surface area contributed by atoms with E-state index in [-0.39, 0.29) is 5.91 Å². The number of H-pyrrole nitrogens is 1. The van der Waals surface area contributed by atoms with Crippen LogP contribution in [0.15, 0.2) is 79.3 Å². The van der Waals surface area contributed by atoms with Gasteiger partial charge in [0.2, 0.25) is 5.91 Å². The highest BCUT2D eigenvalue weighted by Gasteiger charge is 2.07. The summed E-state index contributed by atoms with van der Waals surface area (Å²) in [6.07, 6.45) is 6.61. The van der Waals surface area contributed by atoms with Crippen molar-refractivity contribution in [3.63, 3.8) is 0 Å². The topological polar surface area (TPSA) is 69.8 Å². The normalized spacial score (nSPS) is 10.7. The van der Waals surface area contributed by atoms with Gasteiger partial charge in [-0.05, 0) is 54.4 Å². The molecule has 134 valence electrons. The van der Waals surface area contributed by atoms with Gasteiger partial charge in [-0.25, -0.2) is 0 Å². The van der Waals surface area contributed by atoms with Crippen molar-refractivity contribution in [3.8, 4) is 0 Å². The Morgan fingerprint density at radius 2 is 1.59 bits per heavy atom. The fraction of sp³-hybridized carbons (Fsp3) is 0.0909. The molecule has 0 unspecified atom stereocenters. The second-order valence-electron chi connectivity index (χ2n) is 6.35. The first-order valence-electron chi connectivity index (χ1n) is 8.90. The summed E-state index contributed by atoms with van der Waals surface area (Å²) >= 11 is 0. The van der Waals surface area contributed by atoms with Crippen molar-refractivity contribution in [3.05, 3.63) is 84.8 Å². The van der Waals surface area contributed by atoms with Crippen molar-refractivity contribution in [2.75, 3.05) is 10.6 Å². The Morgan fingerprint density at radius 1 is 0.889 bits per heavy atom. The number of carbonyl (C=O) groups is 1. The van der Waals surface area contributed by atoms with E-state index in [0.717, 1.165) is 28.1 Å². The van der Waals surface area contributed by atoms with E-state index in [0.29, 0.717) is 12.8 Å². The maximum atomic E-state index is 12.3. The Morgan fingerprint density at radius 3 is 2.41 bits per heavy atom. The van der Waals surface area contributed by atoms with Crippen LogP contribution < -0.4 is 10.6 Å². The van der Waals surface area contributed by atoms with Gasteiger partial charge in [-0.1, -0.05) is 18.2 Å². The minimum Gasteiger partial charge on any atom is -0.361 e. The Kier molecular flexibility index (Phi) is 4.83. The molecular weight excluding hydrogens is 336 g/mol. The van der Waals surface area contributed by atoms with Crippen LogP contribution in [0.5, 0.6) is 0 Å². The standard InChI is InChI=1S/C22H20N4O/c27-22(10-5-16-15-24-21-4-2-1-3-20(16)21)26-18-8-6-17(7-9-18)25-19-11-13-23-14-12-19/h1-4,6-9,11-15,24H,5,10H2,(H,23,25)(H,26,27). The summed E-state index contributed by atoms with van der Waals surface area (Å²) in [5, 5.41) is 7.42. The molecule has 0 atom stereocenters. The molecule has 27 heavy (non-hydrogen) atoms. The van der Waals surface area contributed by atoms with Crippen molar-refractivity contribution in [1.29, 1.82) is 0 Å². The van der Waals surface area contributed by atoms with Gasteiger partial charge >= 0.3 is 0 Å². The first kappa shape index (κ1) is 16.8. The van der Waals surface area contributed by atoms with Crippen LogP contribution in [0, 0.1) is 0 Å². The van der Waals surface area contributed by atoms with Crippen LogP contribution in [0.2, 0.25) is 0 Å². The number of amides is 1. The largest absolute Gasteiger partial charge is 0.361 e. The minimum atomic E-state index is 0.00937. The van der Waals surface area contributed by atoms with Crippen LogP contribution in [-0.4, -0.2) is 15.9 Å². The van der Waals surface area contributed by atoms with Gasteiger partial charge in [0.1, 0.15) is 0 Å². The lowest BCUT2D eigenvalue weighted by Crippen LogP contribution is -2.12. The van der Waals surface area contributed by atoms with Crippen molar-refractivity contribution >= 4 is 33.9 Å². The molecule has 5 nitrogen and oxygen atoms in total. The highest BCUT2D eigenvalue weighted by Crippen LogP contribution is 2.20. The lowest BCUT2D eigenvalue weighted by atomic mass is 10.1. The molecule has 5 heteroatoms. The third-order valence-electron chi connectivity index (χ3n) is 4.43. The van der Waals surface area contributed by atoms with Gasteiger partial charge in [-0.3, -0.25) is 9.78 Å². The van der Waals surface area contributed by atoms with Crippen molar-refractivity contribution in [1.82, 2.24) is 9.97 Å². The van der Waals surface area contributed by atoms with E-state index in [9.17, 15) is 4.79 Å². The molecule has 4 rings (SSSR count). The van der Waals surface area contributed by atoms with Gasteiger partial charge in [-0.2, -0.15) is 0 Å². The third-order valence-corrected chi connectivity index (χ3v) is 4.43. The highest BCUT2D eigenvalue weighted by molar-refractivity contribution is 5.91. The Hall–Kier alpha value is -3.60. The van der Waals surface area contributed by atoms with Crippen LogP contribution >= 0.6 is 0 Å². The molecule has 0 saturated carbocycles. The Bertz CT molecular complexity index is 1040. The summed E-state index contributed by atoms with van der Waals surface area (Å²) in [5.41, 5.74) is 4.99. The van der Waals surface area contributed by atoms with Crippen LogP contribution in [0.1, 0.15) is 12.0 Å². The number of carbonyl (C=O) groups excluding carboxylic acids is 1. The predicted molar refractivity (Wildman–Crippen MR) is 109 cm³/mol. The van der Waals surface area contributed by atoms with E-state index in [2.05, 4.69) is 26.7 Å². The summed E-state index contributed by atoms with van der Waals surface area (Å²) in [6.45, 7) is 0. The molecule has 1 amide bonds. The Balaban J connectivity index is 1.33. The number of hydrogen-bond donors (Lipinski definition) is 3. The van der Waals surface area contributed by atoms with Gasteiger partial charge < -0.3 is 15.6 Å². The van der Waals surface area contributed by atoms with Crippen LogP contribution in [0.25, 0.3) is 10.9 Å². The molecule has 0 saturated heterocycles. The lowest BCUT2D eigenvalue weighted by Gasteiger charge is -2.08. The maximum Gasteiger partial charge on any atom is 0.224 e. The second-order valence-corrected chi connectivity index (χ2v) is 6.35. The highest BCUT2D eigenvalue weighted by atomic mass is 16.1. The molecule has 4 aromatic rings. The van der Waals surface area contributed by atoms with Gasteiger partial charge in [0.05, 0.1) is 0 Å². The van der Waals surface area contributed by atoms with Crippen LogP contribution in [-0.2, 0) is 11.2 Å². The van der Waals surface area contributed by atoms with E-state index in [1.165, 1.54) is 5.39 Å². The van der Waals surface area contributed by atoms with Crippen molar-refractivity contribution in [2.24, 2.45) is 0 Å². The molecule has 0 bridgehead atoms. The molecule has 2 aromatic carbocycles. The van der Waals surface area contributed by atoms with Gasteiger partial charge in [-0.15, -0.1) is 0 Å². The molecule has 0 aliphatic carbocycles. The minimum absolute atomic E-state index is 0.00937. The van der Waals surface area contributed by atoms with E-state index in [4.69, 9.17) is 0 Å². The molecule has 0 aliphatic rings. The average Bonchev–Trinajstić information content (AvgIpc) is 3.12. The number of para-hydroxylation sites is 1. The number of aromatic amines is 1. The van der Waals surface area contributed by atoms with Crippen LogP contribution in [0.3, 0.4) is 0 Å². The number of aryl methyl sites for hydroxylation is 1. The number of benzene rings is 2. The number of pyridine rings is 1. The third kappa shape index (κ3) is 4.15. The second kappa shape index (κ2) is 7.74. The molecule has 2 aromatic heterocycles. The zero-order chi connectivity index (χ0) is 18.5. The fourth-order valence-corrected chi connectivity index (χ4v) is 3.05. The number of nitrogens with one attached hydrogen (secondary N) is 3.